The Morgan fingerprint density at radius 3 is 2.67 bits per heavy atom. The van der Waals surface area contributed by atoms with Gasteiger partial charge in [0.15, 0.2) is 0 Å². The van der Waals surface area contributed by atoms with E-state index in [1.807, 2.05) is 0 Å². The summed E-state index contributed by atoms with van der Waals surface area (Å²) >= 11 is 0. The van der Waals surface area contributed by atoms with E-state index in [4.69, 9.17) is 0 Å². The monoisotopic (exact) mass is 245 g/mol. The fourth-order valence-corrected chi connectivity index (χ4v) is 3.29. The summed E-state index contributed by atoms with van der Waals surface area (Å²) in [7, 11) is 0. The van der Waals surface area contributed by atoms with Gasteiger partial charge in [-0.15, -0.1) is 0 Å². The highest BCUT2D eigenvalue weighted by molar-refractivity contribution is 5.22. The molecule has 0 bridgehead atoms. The van der Waals surface area contributed by atoms with Crippen LogP contribution in [0, 0.1) is 18.8 Å². The molecule has 1 aliphatic rings. The van der Waals surface area contributed by atoms with Crippen molar-refractivity contribution in [3.63, 3.8) is 0 Å². The maximum absolute atomic E-state index is 3.55. The van der Waals surface area contributed by atoms with Gasteiger partial charge in [-0.2, -0.15) is 0 Å². The van der Waals surface area contributed by atoms with Crippen LogP contribution in [0.5, 0.6) is 0 Å². The van der Waals surface area contributed by atoms with Crippen LogP contribution in [0.4, 0.5) is 0 Å². The first-order valence-corrected chi connectivity index (χ1v) is 7.56. The second kappa shape index (κ2) is 6.94. The predicted octanol–water partition coefficient (Wildman–Crippen LogP) is 3.95. The van der Waals surface area contributed by atoms with Gasteiger partial charge in [-0.25, -0.2) is 0 Å². The molecule has 1 heteroatoms. The Morgan fingerprint density at radius 1 is 1.17 bits per heavy atom. The molecule has 0 aliphatic heterocycles. The summed E-state index contributed by atoms with van der Waals surface area (Å²) in [5, 5.41) is 3.55. The molecule has 1 N–H and O–H groups in total. The number of nitrogens with one attached hydrogen (secondary N) is 1. The third-order valence-corrected chi connectivity index (χ3v) is 4.30. The second-order valence-corrected chi connectivity index (χ2v) is 5.81. The van der Waals surface area contributed by atoms with Crippen LogP contribution in [0.15, 0.2) is 24.3 Å². The molecule has 1 aromatic rings. The first-order chi connectivity index (χ1) is 8.79. The second-order valence-electron chi connectivity index (χ2n) is 5.81. The molecule has 2 rings (SSSR count). The number of rotatable bonds is 5. The molecule has 0 amide bonds. The summed E-state index contributed by atoms with van der Waals surface area (Å²) in [6, 6.07) is 9.05. The van der Waals surface area contributed by atoms with E-state index in [0.717, 1.165) is 18.4 Å². The molecule has 1 aromatic carbocycles. The lowest BCUT2D eigenvalue weighted by Gasteiger charge is -2.32. The van der Waals surface area contributed by atoms with Crippen molar-refractivity contribution in [3.05, 3.63) is 35.4 Å². The Bertz CT molecular complexity index is 358. The van der Waals surface area contributed by atoms with E-state index in [9.17, 15) is 0 Å². The van der Waals surface area contributed by atoms with E-state index >= 15 is 0 Å². The molecule has 18 heavy (non-hydrogen) atoms. The summed E-state index contributed by atoms with van der Waals surface area (Å²) in [4.78, 5) is 0. The highest BCUT2D eigenvalue weighted by Gasteiger charge is 2.24. The van der Waals surface area contributed by atoms with Crippen molar-refractivity contribution < 1.29 is 0 Å². The summed E-state index contributed by atoms with van der Waals surface area (Å²) in [5.74, 6) is 1.78. The van der Waals surface area contributed by atoms with E-state index in [1.165, 1.54) is 49.8 Å². The SMILES string of the molecule is CCNCC1CCCCC1Cc1cccc(C)c1. The molecule has 100 valence electrons. The summed E-state index contributed by atoms with van der Waals surface area (Å²) in [6.45, 7) is 6.72. The molecule has 0 saturated heterocycles. The minimum absolute atomic E-state index is 0.888. The molecule has 0 radical (unpaired) electrons. The quantitative estimate of drug-likeness (QED) is 0.828. The van der Waals surface area contributed by atoms with E-state index in [-0.39, 0.29) is 0 Å². The van der Waals surface area contributed by atoms with E-state index in [2.05, 4.69) is 43.4 Å². The lowest BCUT2D eigenvalue weighted by molar-refractivity contribution is 0.229. The van der Waals surface area contributed by atoms with Gasteiger partial charge in [-0.3, -0.25) is 0 Å². The van der Waals surface area contributed by atoms with Gasteiger partial charge >= 0.3 is 0 Å². The van der Waals surface area contributed by atoms with Crippen LogP contribution in [0.1, 0.15) is 43.7 Å². The zero-order chi connectivity index (χ0) is 12.8. The van der Waals surface area contributed by atoms with Crippen LogP contribution in [0.2, 0.25) is 0 Å². The van der Waals surface area contributed by atoms with Crippen LogP contribution in [0.25, 0.3) is 0 Å². The van der Waals surface area contributed by atoms with Crippen LogP contribution in [-0.4, -0.2) is 13.1 Å². The number of hydrogen-bond acceptors (Lipinski definition) is 1. The molecule has 1 nitrogen and oxygen atoms in total. The lowest BCUT2D eigenvalue weighted by Crippen LogP contribution is -2.31. The summed E-state index contributed by atoms with van der Waals surface area (Å²) < 4.78 is 0. The highest BCUT2D eigenvalue weighted by atomic mass is 14.8. The standard InChI is InChI=1S/C17H27N/c1-3-18-13-17-10-5-4-9-16(17)12-15-8-6-7-14(2)11-15/h6-8,11,16-18H,3-5,9-10,12-13H2,1-2H3. The fraction of sp³-hybridized carbons (Fsp3) is 0.647. The Balaban J connectivity index is 1.96. The third kappa shape index (κ3) is 3.84. The van der Waals surface area contributed by atoms with E-state index < -0.39 is 0 Å². The van der Waals surface area contributed by atoms with Crippen molar-refractivity contribution in [2.24, 2.45) is 11.8 Å². The van der Waals surface area contributed by atoms with Gasteiger partial charge in [-0.05, 0) is 56.7 Å². The van der Waals surface area contributed by atoms with Gasteiger partial charge in [0, 0.05) is 0 Å². The maximum Gasteiger partial charge on any atom is -0.00179 e. The largest absolute Gasteiger partial charge is 0.317 e. The first-order valence-electron chi connectivity index (χ1n) is 7.56. The predicted molar refractivity (Wildman–Crippen MR) is 78.9 cm³/mol. The van der Waals surface area contributed by atoms with Gasteiger partial charge in [0.25, 0.3) is 0 Å². The number of aryl methyl sites for hydroxylation is 1. The Kier molecular flexibility index (Phi) is 5.25. The van der Waals surface area contributed by atoms with E-state index in [1.54, 1.807) is 0 Å². The van der Waals surface area contributed by atoms with Gasteiger partial charge in [-0.1, -0.05) is 49.6 Å². The smallest absolute Gasteiger partial charge is 0.00179 e. The minimum atomic E-state index is 0.888. The van der Waals surface area contributed by atoms with Crippen LogP contribution >= 0.6 is 0 Å². The molecule has 0 spiro atoms. The summed E-state index contributed by atoms with van der Waals surface area (Å²) in [6.07, 6.45) is 6.98. The van der Waals surface area contributed by atoms with Crippen molar-refractivity contribution in [1.82, 2.24) is 5.32 Å². The molecule has 1 aliphatic carbocycles. The zero-order valence-electron chi connectivity index (χ0n) is 11.9. The van der Waals surface area contributed by atoms with Crippen molar-refractivity contribution >= 4 is 0 Å². The molecule has 2 atom stereocenters. The third-order valence-electron chi connectivity index (χ3n) is 4.30. The highest BCUT2D eigenvalue weighted by Crippen LogP contribution is 2.32. The summed E-state index contributed by atoms with van der Waals surface area (Å²) in [5.41, 5.74) is 2.93. The average molecular weight is 245 g/mol. The molecule has 0 heterocycles. The zero-order valence-corrected chi connectivity index (χ0v) is 11.9. The number of benzene rings is 1. The van der Waals surface area contributed by atoms with Crippen LogP contribution < -0.4 is 5.32 Å². The van der Waals surface area contributed by atoms with Crippen molar-refractivity contribution in [2.45, 2.75) is 46.0 Å². The fourth-order valence-electron chi connectivity index (χ4n) is 3.29. The van der Waals surface area contributed by atoms with Crippen molar-refractivity contribution in [3.8, 4) is 0 Å². The molecular formula is C17H27N. The van der Waals surface area contributed by atoms with Gasteiger partial charge in [0.1, 0.15) is 0 Å². The Labute approximate surface area is 112 Å². The molecule has 1 fully saturated rings. The molecule has 1 saturated carbocycles. The Morgan fingerprint density at radius 2 is 1.94 bits per heavy atom. The topological polar surface area (TPSA) is 12.0 Å². The first kappa shape index (κ1) is 13.6. The molecule has 2 unspecified atom stereocenters. The minimum Gasteiger partial charge on any atom is -0.317 e. The lowest BCUT2D eigenvalue weighted by atomic mass is 9.76. The number of hydrogen-bond donors (Lipinski definition) is 1. The van der Waals surface area contributed by atoms with Gasteiger partial charge in [0.05, 0.1) is 0 Å². The van der Waals surface area contributed by atoms with Crippen molar-refractivity contribution in [2.75, 3.05) is 13.1 Å². The average Bonchev–Trinajstić information content (AvgIpc) is 2.38. The molecular weight excluding hydrogens is 218 g/mol. The van der Waals surface area contributed by atoms with Crippen LogP contribution in [-0.2, 0) is 6.42 Å². The molecule has 0 aromatic heterocycles. The van der Waals surface area contributed by atoms with E-state index in [0.29, 0.717) is 0 Å². The Hall–Kier alpha value is -0.820. The normalized spacial score (nSPS) is 24.1. The maximum atomic E-state index is 3.55. The van der Waals surface area contributed by atoms with Crippen molar-refractivity contribution in [1.29, 1.82) is 0 Å². The van der Waals surface area contributed by atoms with Gasteiger partial charge in [0.2, 0.25) is 0 Å². The van der Waals surface area contributed by atoms with Crippen LogP contribution in [0.3, 0.4) is 0 Å². The van der Waals surface area contributed by atoms with Gasteiger partial charge < -0.3 is 5.32 Å².